The molecule has 6 heteroatoms. The third-order valence-corrected chi connectivity index (χ3v) is 11.7. The van der Waals surface area contributed by atoms with E-state index in [1.165, 1.54) is 116 Å². The van der Waals surface area contributed by atoms with Crippen LogP contribution in [0.3, 0.4) is 0 Å². The Hall–Kier alpha value is -3.15. The van der Waals surface area contributed by atoms with E-state index in [9.17, 15) is 14.4 Å². The Morgan fingerprint density at radius 2 is 0.631 bits per heavy atom. The van der Waals surface area contributed by atoms with Crippen LogP contribution in [0.1, 0.15) is 265 Å². The van der Waals surface area contributed by atoms with Gasteiger partial charge in [0, 0.05) is 19.3 Å². The van der Waals surface area contributed by atoms with Crippen LogP contribution in [-0.4, -0.2) is 37.2 Å². The molecule has 1 unspecified atom stereocenters. The molecular formula is C59H102O6. The van der Waals surface area contributed by atoms with Crippen molar-refractivity contribution in [3.05, 3.63) is 72.9 Å². The van der Waals surface area contributed by atoms with Gasteiger partial charge in [-0.2, -0.15) is 0 Å². The molecule has 0 heterocycles. The smallest absolute Gasteiger partial charge is 0.306 e. The highest BCUT2D eigenvalue weighted by Gasteiger charge is 2.19. The molecule has 6 nitrogen and oxygen atoms in total. The monoisotopic (exact) mass is 907 g/mol. The predicted molar refractivity (Wildman–Crippen MR) is 279 cm³/mol. The van der Waals surface area contributed by atoms with Crippen molar-refractivity contribution in [2.24, 2.45) is 0 Å². The molecule has 374 valence electrons. The summed E-state index contributed by atoms with van der Waals surface area (Å²) in [6.07, 6.45) is 67.8. The van der Waals surface area contributed by atoms with Crippen LogP contribution in [0.25, 0.3) is 0 Å². The van der Waals surface area contributed by atoms with Crippen molar-refractivity contribution < 1.29 is 28.6 Å². The lowest BCUT2D eigenvalue weighted by molar-refractivity contribution is -0.167. The fourth-order valence-electron chi connectivity index (χ4n) is 7.59. The SMILES string of the molecule is CC/C=C\C/C=C\C/C=C\C/C=C\C/C=C\CCCCCCCCCCCCCCCC(=O)OCC(COC(=O)CCCCCCCCCC)OC(=O)CCCCCCC/C=C\CCC. The number of carbonyl (C=O) groups excluding carboxylic acids is 3. The lowest BCUT2D eigenvalue weighted by Crippen LogP contribution is -2.30. The largest absolute Gasteiger partial charge is 0.462 e. The minimum Gasteiger partial charge on any atom is -0.462 e. The highest BCUT2D eigenvalue weighted by Crippen LogP contribution is 2.15. The van der Waals surface area contributed by atoms with Crippen molar-refractivity contribution in [2.75, 3.05) is 13.2 Å². The van der Waals surface area contributed by atoms with Gasteiger partial charge >= 0.3 is 17.9 Å². The molecule has 0 aromatic carbocycles. The van der Waals surface area contributed by atoms with Crippen LogP contribution in [0.5, 0.6) is 0 Å². The average molecular weight is 907 g/mol. The lowest BCUT2D eigenvalue weighted by atomic mass is 10.0. The standard InChI is InChI=1S/C59H102O6/c1-4-7-10-13-16-19-21-22-23-24-25-26-27-28-29-30-31-32-33-34-35-36-37-38-39-41-43-46-49-52-58(61)64-55-56(54-63-57(60)51-48-45-42-18-15-12-9-6-3)65-59(62)53-50-47-44-40-20-17-14-11-8-5-2/h7,10-11,14,16,19,22-23,25-26,28-29,56H,4-6,8-9,12-13,15,17-18,20-21,24,27,30-55H2,1-3H3/b10-7-,14-11-,19-16-,23-22-,26-25-,29-28-. The van der Waals surface area contributed by atoms with Crippen molar-refractivity contribution in [3.8, 4) is 0 Å². The maximum absolute atomic E-state index is 12.7. The van der Waals surface area contributed by atoms with Gasteiger partial charge in [-0.1, -0.05) is 235 Å². The summed E-state index contributed by atoms with van der Waals surface area (Å²) in [6, 6.07) is 0. The molecule has 65 heavy (non-hydrogen) atoms. The molecule has 0 aliphatic rings. The normalized spacial score (nSPS) is 12.6. The average Bonchev–Trinajstić information content (AvgIpc) is 3.30. The van der Waals surface area contributed by atoms with E-state index >= 15 is 0 Å². The number of allylic oxidation sites excluding steroid dienone is 12. The van der Waals surface area contributed by atoms with E-state index in [0.29, 0.717) is 19.3 Å². The third kappa shape index (κ3) is 51.7. The Kier molecular flexibility index (Phi) is 50.9. The molecule has 0 aromatic rings. The first-order valence-electron chi connectivity index (χ1n) is 27.4. The molecule has 0 aliphatic carbocycles. The first kappa shape index (κ1) is 61.9. The quantitative estimate of drug-likeness (QED) is 0.0262. The Balaban J connectivity index is 4.06. The molecule has 0 aliphatic heterocycles. The van der Waals surface area contributed by atoms with Crippen molar-refractivity contribution in [1.82, 2.24) is 0 Å². The molecule has 0 saturated carbocycles. The minimum atomic E-state index is -0.774. The summed E-state index contributed by atoms with van der Waals surface area (Å²) in [5.74, 6) is -0.890. The molecule has 0 saturated heterocycles. The van der Waals surface area contributed by atoms with Crippen LogP contribution < -0.4 is 0 Å². The van der Waals surface area contributed by atoms with Gasteiger partial charge in [0.1, 0.15) is 13.2 Å². The fraction of sp³-hybridized carbons (Fsp3) is 0.746. The Morgan fingerprint density at radius 3 is 1.02 bits per heavy atom. The number of hydrogen-bond donors (Lipinski definition) is 0. The molecule has 0 bridgehead atoms. The molecule has 0 N–H and O–H groups in total. The van der Waals surface area contributed by atoms with Crippen molar-refractivity contribution in [3.63, 3.8) is 0 Å². The van der Waals surface area contributed by atoms with Crippen molar-refractivity contribution in [1.29, 1.82) is 0 Å². The Bertz CT molecular complexity index is 1230. The van der Waals surface area contributed by atoms with E-state index in [0.717, 1.165) is 109 Å². The lowest BCUT2D eigenvalue weighted by Gasteiger charge is -2.18. The minimum absolute atomic E-state index is 0.0765. The van der Waals surface area contributed by atoms with Crippen LogP contribution in [0, 0.1) is 0 Å². The number of rotatable bonds is 49. The highest BCUT2D eigenvalue weighted by molar-refractivity contribution is 5.71. The van der Waals surface area contributed by atoms with E-state index in [-0.39, 0.29) is 31.1 Å². The van der Waals surface area contributed by atoms with Gasteiger partial charge in [0.2, 0.25) is 0 Å². The van der Waals surface area contributed by atoms with Gasteiger partial charge in [-0.3, -0.25) is 14.4 Å². The topological polar surface area (TPSA) is 78.9 Å². The maximum Gasteiger partial charge on any atom is 0.306 e. The molecular weight excluding hydrogens is 805 g/mol. The first-order valence-corrected chi connectivity index (χ1v) is 27.4. The fourth-order valence-corrected chi connectivity index (χ4v) is 7.59. The summed E-state index contributed by atoms with van der Waals surface area (Å²) in [5, 5.41) is 0. The maximum atomic E-state index is 12.7. The van der Waals surface area contributed by atoms with Crippen LogP contribution in [0.15, 0.2) is 72.9 Å². The Labute approximate surface area is 402 Å². The third-order valence-electron chi connectivity index (χ3n) is 11.7. The molecule has 0 radical (unpaired) electrons. The second kappa shape index (κ2) is 53.5. The second-order valence-electron chi connectivity index (χ2n) is 18.1. The summed E-state index contributed by atoms with van der Waals surface area (Å²) in [7, 11) is 0. The molecule has 0 rings (SSSR count). The van der Waals surface area contributed by atoms with Gasteiger partial charge in [0.15, 0.2) is 6.10 Å². The van der Waals surface area contributed by atoms with Gasteiger partial charge in [0.05, 0.1) is 0 Å². The van der Waals surface area contributed by atoms with Gasteiger partial charge in [0.25, 0.3) is 0 Å². The van der Waals surface area contributed by atoms with Gasteiger partial charge in [-0.15, -0.1) is 0 Å². The van der Waals surface area contributed by atoms with Gasteiger partial charge in [-0.25, -0.2) is 0 Å². The number of unbranched alkanes of at least 4 members (excludes halogenated alkanes) is 26. The summed E-state index contributed by atoms with van der Waals surface area (Å²) in [5.41, 5.74) is 0. The van der Waals surface area contributed by atoms with E-state index in [2.05, 4.69) is 93.7 Å². The summed E-state index contributed by atoms with van der Waals surface area (Å²) in [6.45, 7) is 6.43. The molecule has 0 aromatic heterocycles. The summed E-state index contributed by atoms with van der Waals surface area (Å²) in [4.78, 5) is 37.8. The summed E-state index contributed by atoms with van der Waals surface area (Å²) < 4.78 is 16.7. The number of carbonyl (C=O) groups is 3. The van der Waals surface area contributed by atoms with Crippen LogP contribution in [0.4, 0.5) is 0 Å². The van der Waals surface area contributed by atoms with Crippen LogP contribution in [0.2, 0.25) is 0 Å². The van der Waals surface area contributed by atoms with Gasteiger partial charge in [-0.05, 0) is 83.5 Å². The van der Waals surface area contributed by atoms with Crippen molar-refractivity contribution in [2.45, 2.75) is 271 Å². The number of esters is 3. The zero-order chi connectivity index (χ0) is 47.2. The predicted octanol–water partition coefficient (Wildman–Crippen LogP) is 18.2. The van der Waals surface area contributed by atoms with E-state index in [1.54, 1.807) is 0 Å². The summed E-state index contributed by atoms with van der Waals surface area (Å²) >= 11 is 0. The Morgan fingerprint density at radius 1 is 0.323 bits per heavy atom. The molecule has 1 atom stereocenters. The zero-order valence-corrected chi connectivity index (χ0v) is 42.7. The van der Waals surface area contributed by atoms with Gasteiger partial charge < -0.3 is 14.2 Å². The van der Waals surface area contributed by atoms with E-state index in [1.807, 2.05) is 0 Å². The van der Waals surface area contributed by atoms with E-state index < -0.39 is 6.10 Å². The molecule has 0 amide bonds. The number of hydrogen-bond acceptors (Lipinski definition) is 6. The van der Waals surface area contributed by atoms with Crippen LogP contribution >= 0.6 is 0 Å². The second-order valence-corrected chi connectivity index (χ2v) is 18.1. The zero-order valence-electron chi connectivity index (χ0n) is 42.7. The van der Waals surface area contributed by atoms with Crippen molar-refractivity contribution >= 4 is 17.9 Å². The molecule has 0 fully saturated rings. The molecule has 0 spiro atoms. The van der Waals surface area contributed by atoms with E-state index in [4.69, 9.17) is 14.2 Å². The van der Waals surface area contributed by atoms with Crippen LogP contribution in [-0.2, 0) is 28.6 Å². The first-order chi connectivity index (χ1) is 32.0. The number of ether oxygens (including phenoxy) is 3. The highest BCUT2D eigenvalue weighted by atomic mass is 16.6.